The van der Waals surface area contributed by atoms with Gasteiger partial charge in [0.1, 0.15) is 23.9 Å². The highest BCUT2D eigenvalue weighted by Crippen LogP contribution is 2.32. The minimum atomic E-state index is -3.71. The zero-order valence-corrected chi connectivity index (χ0v) is 51.6. The van der Waals surface area contributed by atoms with Crippen LogP contribution in [0.5, 0.6) is 11.5 Å². The fourth-order valence-electron chi connectivity index (χ4n) is 10.3. The van der Waals surface area contributed by atoms with Gasteiger partial charge in [-0.05, 0) is 221 Å². The lowest BCUT2D eigenvalue weighted by atomic mass is 9.92. The minimum Gasteiger partial charge on any atom is -0.497 e. The monoisotopic (exact) mass is 1140 g/mol. The molecule has 0 radical (unpaired) electrons. The number of nitrogen functional groups attached to an aromatic ring is 1. The maximum atomic E-state index is 13.2. The molecule has 2 aliphatic rings. The van der Waals surface area contributed by atoms with Crippen molar-refractivity contribution in [2.75, 3.05) is 131 Å². The SMILES string of the molecule is COc1cc(C)c(S(=O)(=O)N(C)CCC(=O)Cc2ccc(N3CCC(CCN(C)C)CC3)c(C)c2)c(C)c1.COc1cc(C)c(S(=O)(=O)N(C)CCOC=O)c(C)c1.Cc1cc(N)ccc1N1CCC(CCN(C)C)CC1.Cl. The Balaban J connectivity index is 0.000000337. The molecule has 436 valence electrons. The van der Waals surface area contributed by atoms with Gasteiger partial charge in [-0.3, -0.25) is 9.59 Å². The van der Waals surface area contributed by atoms with Crippen LogP contribution in [0.25, 0.3) is 0 Å². The molecule has 2 aliphatic heterocycles. The molecule has 0 spiro atoms. The van der Waals surface area contributed by atoms with Crippen LogP contribution < -0.4 is 25.0 Å². The fourth-order valence-corrected chi connectivity index (χ4v) is 13.4. The molecule has 4 aromatic rings. The summed E-state index contributed by atoms with van der Waals surface area (Å²) in [5.74, 6) is 2.97. The van der Waals surface area contributed by atoms with Crippen LogP contribution in [0, 0.1) is 53.4 Å². The van der Waals surface area contributed by atoms with Crippen LogP contribution >= 0.6 is 12.4 Å². The molecule has 0 unspecified atom stereocenters. The zero-order valence-electron chi connectivity index (χ0n) is 49.2. The number of ketones is 1. The number of methoxy groups -OCH3 is 2. The first-order valence-electron chi connectivity index (χ1n) is 26.9. The lowest BCUT2D eigenvalue weighted by Gasteiger charge is -2.35. The van der Waals surface area contributed by atoms with Gasteiger partial charge < -0.3 is 39.5 Å². The van der Waals surface area contributed by atoms with Crippen LogP contribution in [0.3, 0.4) is 0 Å². The molecule has 2 fully saturated rings. The van der Waals surface area contributed by atoms with Crippen molar-refractivity contribution in [2.24, 2.45) is 11.8 Å². The van der Waals surface area contributed by atoms with Gasteiger partial charge in [0, 0.05) is 83.3 Å². The summed E-state index contributed by atoms with van der Waals surface area (Å²) < 4.78 is 68.8. The molecular formula is C59H92ClN7O9S2. The van der Waals surface area contributed by atoms with Crippen LogP contribution in [-0.2, 0) is 40.8 Å². The van der Waals surface area contributed by atoms with Crippen molar-refractivity contribution in [2.45, 2.75) is 103 Å². The van der Waals surface area contributed by atoms with E-state index in [1.807, 2.05) is 12.1 Å². The van der Waals surface area contributed by atoms with Gasteiger partial charge in [-0.2, -0.15) is 4.31 Å². The number of anilines is 3. The van der Waals surface area contributed by atoms with Crippen molar-refractivity contribution >= 4 is 61.8 Å². The second-order valence-corrected chi connectivity index (χ2v) is 25.4. The van der Waals surface area contributed by atoms with E-state index >= 15 is 0 Å². The van der Waals surface area contributed by atoms with E-state index in [9.17, 15) is 26.4 Å². The van der Waals surface area contributed by atoms with E-state index in [2.05, 4.69) is 90.6 Å². The summed E-state index contributed by atoms with van der Waals surface area (Å²) in [5.41, 5.74) is 15.3. The Hall–Kier alpha value is -4.95. The summed E-state index contributed by atoms with van der Waals surface area (Å²) in [6.45, 7) is 18.7. The van der Waals surface area contributed by atoms with Crippen molar-refractivity contribution in [1.82, 2.24) is 18.4 Å². The number of halogens is 1. The minimum absolute atomic E-state index is 0. The third-order valence-corrected chi connectivity index (χ3v) is 19.1. The first-order valence-corrected chi connectivity index (χ1v) is 29.8. The smallest absolute Gasteiger partial charge is 0.293 e. The van der Waals surface area contributed by atoms with Crippen LogP contribution in [0.4, 0.5) is 17.1 Å². The van der Waals surface area contributed by atoms with E-state index in [0.29, 0.717) is 46.6 Å². The summed E-state index contributed by atoms with van der Waals surface area (Å²) in [4.78, 5) is 32.9. The molecule has 4 aromatic carbocycles. The van der Waals surface area contributed by atoms with Gasteiger partial charge in [-0.15, -0.1) is 12.4 Å². The number of likely N-dealkylation sites (N-methyl/N-ethyl adjacent to an activating group) is 1. The predicted molar refractivity (Wildman–Crippen MR) is 320 cm³/mol. The number of sulfonamides is 2. The average Bonchev–Trinajstić information content (AvgIpc) is 3.37. The van der Waals surface area contributed by atoms with Gasteiger partial charge in [0.05, 0.1) is 24.0 Å². The summed E-state index contributed by atoms with van der Waals surface area (Å²) in [7, 11) is 7.33. The van der Waals surface area contributed by atoms with E-state index in [4.69, 9.17) is 15.2 Å². The number of carbonyl (C=O) groups is 2. The van der Waals surface area contributed by atoms with Crippen molar-refractivity contribution in [3.05, 3.63) is 99.6 Å². The Morgan fingerprint density at radius 3 is 1.36 bits per heavy atom. The Morgan fingerprint density at radius 2 is 0.987 bits per heavy atom. The molecule has 0 amide bonds. The quantitative estimate of drug-likeness (QED) is 0.0423. The molecule has 2 saturated heterocycles. The Bertz CT molecular complexity index is 2730. The molecule has 2 N–H and O–H groups in total. The molecule has 2 heterocycles. The highest BCUT2D eigenvalue weighted by atomic mass is 35.5. The topological polar surface area (TPSA) is 176 Å². The number of hydrogen-bond acceptors (Lipinski definition) is 14. The van der Waals surface area contributed by atoms with Gasteiger partial charge in [-0.1, -0.05) is 12.1 Å². The number of hydrogen-bond donors (Lipinski definition) is 1. The van der Waals surface area contributed by atoms with Gasteiger partial charge in [-0.25, -0.2) is 21.1 Å². The number of nitrogens with zero attached hydrogens (tertiary/aromatic N) is 6. The lowest BCUT2D eigenvalue weighted by Crippen LogP contribution is -2.35. The van der Waals surface area contributed by atoms with Crippen LogP contribution in [0.15, 0.2) is 70.5 Å². The summed E-state index contributed by atoms with van der Waals surface area (Å²) in [6.07, 6.45) is 8.15. The maximum Gasteiger partial charge on any atom is 0.293 e. The van der Waals surface area contributed by atoms with E-state index in [1.165, 1.54) is 106 Å². The standard InChI is InChI=1S/C30H45N3O4S.C16H27N3.C13H19NO5S.ClH/c1-22-18-26(8-9-29(22)33-16-11-25(12-17-33)10-14-31(4)5)21-27(34)13-15-32(6)38(35,36)30-23(2)19-28(37-7)20-24(30)3;1-13-12-15(17)4-5-16(13)19-10-7-14(8-11-19)6-9-18(2)3;1-10-7-12(18-4)8-11(2)13(10)20(16,17)14(3)5-6-19-9-15;/h8-9,18-20,25H,10-17,21H2,1-7H3;4-5,12,14H,6-11,17H2,1-3H3;7-9H,5-6H2,1-4H3;1H. The first-order chi connectivity index (χ1) is 36.3. The Morgan fingerprint density at radius 1 is 0.590 bits per heavy atom. The number of ether oxygens (including phenoxy) is 3. The third-order valence-electron chi connectivity index (χ3n) is 14.7. The lowest BCUT2D eigenvalue weighted by molar-refractivity contribution is -0.128. The molecular weight excluding hydrogens is 1050 g/mol. The van der Waals surface area contributed by atoms with Gasteiger partial charge in [0.15, 0.2) is 0 Å². The molecule has 0 atom stereocenters. The predicted octanol–water partition coefficient (Wildman–Crippen LogP) is 8.88. The summed E-state index contributed by atoms with van der Waals surface area (Å²) in [5, 5.41) is 0. The molecule has 16 nitrogen and oxygen atoms in total. The van der Waals surface area contributed by atoms with Crippen molar-refractivity contribution in [3.8, 4) is 11.5 Å². The number of carbonyl (C=O) groups excluding carboxylic acids is 2. The fraction of sp³-hybridized carbons (Fsp3) is 0.559. The van der Waals surface area contributed by atoms with Crippen molar-refractivity contribution < 1.29 is 40.6 Å². The average molecular weight is 1140 g/mol. The molecule has 0 bridgehead atoms. The Labute approximate surface area is 475 Å². The van der Waals surface area contributed by atoms with Gasteiger partial charge >= 0.3 is 0 Å². The number of piperidine rings is 2. The van der Waals surface area contributed by atoms with E-state index in [0.717, 1.165) is 47.0 Å². The van der Waals surface area contributed by atoms with E-state index in [1.54, 1.807) is 59.1 Å². The van der Waals surface area contributed by atoms with Gasteiger partial charge in [0.2, 0.25) is 20.0 Å². The second kappa shape index (κ2) is 31.7. The number of nitrogens with two attached hydrogens (primary N) is 1. The second-order valence-electron chi connectivity index (χ2n) is 21.5. The zero-order chi connectivity index (χ0) is 57.2. The van der Waals surface area contributed by atoms with Gasteiger partial charge in [0.25, 0.3) is 6.47 Å². The molecule has 19 heteroatoms. The largest absolute Gasteiger partial charge is 0.497 e. The van der Waals surface area contributed by atoms with Crippen LogP contribution in [0.2, 0.25) is 0 Å². The third kappa shape index (κ3) is 19.7. The number of Topliss-reactive ketones (excluding diaryl/α,β-unsaturated/α-hetero) is 1. The first kappa shape index (κ1) is 67.3. The highest BCUT2D eigenvalue weighted by molar-refractivity contribution is 7.89. The van der Waals surface area contributed by atoms with Crippen LogP contribution in [-0.4, -0.2) is 163 Å². The molecule has 0 aromatic heterocycles. The molecule has 0 aliphatic carbocycles. The normalized spacial score (nSPS) is 14.4. The van der Waals surface area contributed by atoms with Crippen LogP contribution in [0.1, 0.15) is 83.9 Å². The maximum absolute atomic E-state index is 13.2. The number of rotatable bonds is 23. The number of benzene rings is 4. The summed E-state index contributed by atoms with van der Waals surface area (Å²) >= 11 is 0. The summed E-state index contributed by atoms with van der Waals surface area (Å²) in [6, 6.07) is 19.4. The number of aryl methyl sites for hydroxylation is 6. The van der Waals surface area contributed by atoms with Crippen molar-refractivity contribution in [3.63, 3.8) is 0 Å². The molecule has 78 heavy (non-hydrogen) atoms. The van der Waals surface area contributed by atoms with E-state index < -0.39 is 20.0 Å². The Kier molecular flexibility index (Phi) is 27.4. The highest BCUT2D eigenvalue weighted by Gasteiger charge is 2.28. The van der Waals surface area contributed by atoms with Crippen molar-refractivity contribution in [1.29, 1.82) is 0 Å². The van der Waals surface area contributed by atoms with E-state index in [-0.39, 0.29) is 54.1 Å². The molecule has 0 saturated carbocycles. The molecule has 6 rings (SSSR count).